The van der Waals surface area contributed by atoms with Gasteiger partial charge in [-0.15, -0.1) is 11.3 Å². The van der Waals surface area contributed by atoms with Gasteiger partial charge in [0.2, 0.25) is 0 Å². The number of benzene rings is 2. The molecule has 0 spiro atoms. The molecule has 0 unspecified atom stereocenters. The van der Waals surface area contributed by atoms with E-state index >= 15 is 0 Å². The number of anilines is 1. The molecule has 0 saturated heterocycles. The van der Waals surface area contributed by atoms with E-state index in [9.17, 15) is 4.79 Å². The minimum absolute atomic E-state index is 0.0481. The van der Waals surface area contributed by atoms with Crippen molar-refractivity contribution in [2.75, 3.05) is 11.9 Å². The van der Waals surface area contributed by atoms with E-state index in [1.165, 1.54) is 11.3 Å². The fourth-order valence-electron chi connectivity index (χ4n) is 2.46. The lowest BCUT2D eigenvalue weighted by Crippen LogP contribution is -2.20. The fourth-order valence-corrected chi connectivity index (χ4v) is 3.53. The van der Waals surface area contributed by atoms with Crippen LogP contribution < -0.4 is 10.1 Å². The molecule has 3 rings (SSSR count). The summed E-state index contributed by atoms with van der Waals surface area (Å²) in [6.45, 7) is 3.90. The summed E-state index contributed by atoms with van der Waals surface area (Å²) in [4.78, 5) is 17.4. The summed E-state index contributed by atoms with van der Waals surface area (Å²) in [6, 6.07) is 13.6. The molecule has 0 atom stereocenters. The molecule has 0 aliphatic heterocycles. The number of nitrogens with one attached hydrogen (secondary N) is 1. The summed E-state index contributed by atoms with van der Waals surface area (Å²) < 4.78 is 5.62. The third-order valence-electron chi connectivity index (χ3n) is 3.77. The Hall–Kier alpha value is -2.37. The summed E-state index contributed by atoms with van der Waals surface area (Å²) in [6.07, 6.45) is 2.50. The van der Waals surface area contributed by atoms with Gasteiger partial charge < -0.3 is 4.74 Å². The number of aryl methyl sites for hydroxylation is 2. The van der Waals surface area contributed by atoms with Gasteiger partial charge >= 0.3 is 0 Å². The number of carbonyl (C=O) groups excluding carboxylic acids is 1. The predicted octanol–water partition coefficient (Wildman–Crippen LogP) is 5.02. The van der Waals surface area contributed by atoms with Crippen LogP contribution in [0.5, 0.6) is 5.75 Å². The molecule has 1 N–H and O–H groups in total. The van der Waals surface area contributed by atoms with Crippen LogP contribution in [0.15, 0.2) is 48.7 Å². The van der Waals surface area contributed by atoms with E-state index < -0.39 is 0 Å². The highest BCUT2D eigenvalue weighted by atomic mass is 35.5. The summed E-state index contributed by atoms with van der Waals surface area (Å²) in [5.41, 5.74) is 3.20. The second kappa shape index (κ2) is 8.34. The molecule has 0 saturated carbocycles. The lowest BCUT2D eigenvalue weighted by molar-refractivity contribution is -0.118. The first-order chi connectivity index (χ1) is 12.5. The van der Waals surface area contributed by atoms with Gasteiger partial charge in [0.1, 0.15) is 5.75 Å². The average Bonchev–Trinajstić information content (AvgIpc) is 3.02. The maximum atomic E-state index is 12.1. The molecule has 26 heavy (non-hydrogen) atoms. The number of amides is 1. The standard InChI is InChI=1S/C20H19ClN2O2S/c1-13-6-7-14(2)18(8-13)25-12-19(24)23-20-22-11-17(26-20)10-15-4-3-5-16(21)9-15/h3-9,11H,10,12H2,1-2H3,(H,22,23,24). The largest absolute Gasteiger partial charge is 0.483 e. The maximum Gasteiger partial charge on any atom is 0.264 e. The van der Waals surface area contributed by atoms with Gasteiger partial charge in [-0.2, -0.15) is 0 Å². The number of thiazole rings is 1. The SMILES string of the molecule is Cc1ccc(C)c(OCC(=O)Nc2ncc(Cc3cccc(Cl)c3)s2)c1. The van der Waals surface area contributed by atoms with Gasteiger partial charge in [0, 0.05) is 22.5 Å². The average molecular weight is 387 g/mol. The number of rotatable bonds is 6. The molecule has 0 aliphatic rings. The number of halogens is 1. The van der Waals surface area contributed by atoms with E-state index in [0.717, 1.165) is 33.7 Å². The molecule has 1 amide bonds. The van der Waals surface area contributed by atoms with Crippen LogP contribution in [0.1, 0.15) is 21.6 Å². The fraction of sp³-hybridized carbons (Fsp3) is 0.200. The third-order valence-corrected chi connectivity index (χ3v) is 4.92. The summed E-state index contributed by atoms with van der Waals surface area (Å²) in [5.74, 6) is 0.496. The van der Waals surface area contributed by atoms with Crippen molar-refractivity contribution in [1.29, 1.82) is 0 Å². The Labute approximate surface area is 161 Å². The lowest BCUT2D eigenvalue weighted by atomic mass is 10.1. The van der Waals surface area contributed by atoms with Gasteiger partial charge in [0.05, 0.1) is 0 Å². The number of nitrogens with zero attached hydrogens (tertiary/aromatic N) is 1. The Balaban J connectivity index is 1.55. The highest BCUT2D eigenvalue weighted by molar-refractivity contribution is 7.15. The Kier molecular flexibility index (Phi) is 5.91. The molecule has 0 aliphatic carbocycles. The van der Waals surface area contributed by atoms with E-state index in [4.69, 9.17) is 16.3 Å². The first kappa shape index (κ1) is 18.4. The molecule has 134 valence electrons. The second-order valence-corrected chi connectivity index (χ2v) is 7.60. The van der Waals surface area contributed by atoms with Crippen LogP contribution >= 0.6 is 22.9 Å². The minimum atomic E-state index is -0.227. The number of carbonyl (C=O) groups is 1. The number of hydrogen-bond acceptors (Lipinski definition) is 4. The molecule has 2 aromatic carbocycles. The molecule has 0 fully saturated rings. The first-order valence-corrected chi connectivity index (χ1v) is 9.38. The zero-order valence-corrected chi connectivity index (χ0v) is 16.2. The number of aromatic nitrogens is 1. The Morgan fingerprint density at radius 2 is 2.08 bits per heavy atom. The highest BCUT2D eigenvalue weighted by Crippen LogP contribution is 2.23. The van der Waals surface area contributed by atoms with E-state index in [0.29, 0.717) is 10.2 Å². The monoisotopic (exact) mass is 386 g/mol. The molecular weight excluding hydrogens is 368 g/mol. The second-order valence-electron chi connectivity index (χ2n) is 6.04. The predicted molar refractivity (Wildman–Crippen MR) is 106 cm³/mol. The quantitative estimate of drug-likeness (QED) is 0.647. The van der Waals surface area contributed by atoms with Gasteiger partial charge in [-0.25, -0.2) is 4.98 Å². The van der Waals surface area contributed by atoms with Crippen molar-refractivity contribution in [3.8, 4) is 5.75 Å². The van der Waals surface area contributed by atoms with Gasteiger partial charge in [0.25, 0.3) is 5.91 Å². The van der Waals surface area contributed by atoms with Crippen LogP contribution in [0.25, 0.3) is 0 Å². The van der Waals surface area contributed by atoms with Crippen molar-refractivity contribution in [1.82, 2.24) is 4.98 Å². The van der Waals surface area contributed by atoms with Crippen LogP contribution in [-0.2, 0) is 11.2 Å². The summed E-state index contributed by atoms with van der Waals surface area (Å²) in [5, 5.41) is 4.06. The number of hydrogen-bond donors (Lipinski definition) is 1. The lowest BCUT2D eigenvalue weighted by Gasteiger charge is -2.09. The maximum absolute atomic E-state index is 12.1. The Morgan fingerprint density at radius 1 is 1.23 bits per heavy atom. The topological polar surface area (TPSA) is 51.2 Å². The van der Waals surface area contributed by atoms with Gasteiger partial charge in [-0.3, -0.25) is 10.1 Å². The molecular formula is C20H19ClN2O2S. The zero-order chi connectivity index (χ0) is 18.5. The summed E-state index contributed by atoms with van der Waals surface area (Å²) in [7, 11) is 0. The molecule has 0 radical (unpaired) electrons. The molecule has 4 nitrogen and oxygen atoms in total. The van der Waals surface area contributed by atoms with Crippen molar-refractivity contribution in [2.24, 2.45) is 0 Å². The molecule has 6 heteroatoms. The molecule has 3 aromatic rings. The smallest absolute Gasteiger partial charge is 0.264 e. The van der Waals surface area contributed by atoms with Crippen LogP contribution in [0.4, 0.5) is 5.13 Å². The van der Waals surface area contributed by atoms with Crippen LogP contribution in [0.3, 0.4) is 0 Å². The molecule has 0 bridgehead atoms. The van der Waals surface area contributed by atoms with E-state index in [1.54, 1.807) is 6.20 Å². The third kappa shape index (κ3) is 5.07. The zero-order valence-electron chi connectivity index (χ0n) is 14.6. The van der Waals surface area contributed by atoms with Crippen LogP contribution in [0, 0.1) is 13.8 Å². The van der Waals surface area contributed by atoms with E-state index in [2.05, 4.69) is 10.3 Å². The van der Waals surface area contributed by atoms with Gasteiger partial charge in [0.15, 0.2) is 11.7 Å². The Bertz CT molecular complexity index is 924. The highest BCUT2D eigenvalue weighted by Gasteiger charge is 2.09. The van der Waals surface area contributed by atoms with Crippen LogP contribution in [-0.4, -0.2) is 17.5 Å². The number of ether oxygens (including phenoxy) is 1. The summed E-state index contributed by atoms with van der Waals surface area (Å²) >= 11 is 7.46. The molecule has 1 heterocycles. The van der Waals surface area contributed by atoms with Crippen molar-refractivity contribution in [3.05, 3.63) is 75.3 Å². The van der Waals surface area contributed by atoms with Crippen molar-refractivity contribution in [2.45, 2.75) is 20.3 Å². The first-order valence-electron chi connectivity index (χ1n) is 8.18. The van der Waals surface area contributed by atoms with E-state index in [1.807, 2.05) is 56.3 Å². The van der Waals surface area contributed by atoms with Crippen molar-refractivity contribution in [3.63, 3.8) is 0 Å². The minimum Gasteiger partial charge on any atom is -0.483 e. The van der Waals surface area contributed by atoms with Gasteiger partial charge in [-0.1, -0.05) is 35.9 Å². The van der Waals surface area contributed by atoms with Gasteiger partial charge in [-0.05, 0) is 48.7 Å². The Morgan fingerprint density at radius 3 is 2.88 bits per heavy atom. The van der Waals surface area contributed by atoms with Crippen LogP contribution in [0.2, 0.25) is 5.02 Å². The van der Waals surface area contributed by atoms with Crippen molar-refractivity contribution >= 4 is 34.0 Å². The molecule has 1 aromatic heterocycles. The van der Waals surface area contributed by atoms with Crippen molar-refractivity contribution < 1.29 is 9.53 Å². The normalized spacial score (nSPS) is 10.6. The van der Waals surface area contributed by atoms with E-state index in [-0.39, 0.29) is 12.5 Å².